The van der Waals surface area contributed by atoms with Crippen LogP contribution in [-0.4, -0.2) is 55.9 Å². The molecule has 0 radical (unpaired) electrons. The minimum absolute atomic E-state index is 0.00351. The van der Waals surface area contributed by atoms with E-state index in [4.69, 9.17) is 4.74 Å². The lowest BCUT2D eigenvalue weighted by Crippen LogP contribution is -2.53. The zero-order chi connectivity index (χ0) is 20.1. The second-order valence-corrected chi connectivity index (χ2v) is 8.81. The molecule has 2 fully saturated rings. The molecule has 0 amide bonds. The number of aliphatic hydroxyl groups excluding tert-OH is 1. The standard InChI is InChI=1S/C25H34N2O2/c1-29-24-10-5-9-23(17-24)26-15-11-22(12-16-26)27-14-6-13-25(19-27,20-28)18-21-7-3-2-4-8-21/h2-5,7-10,17,22,28H,6,11-16,18-20H2,1H3/t25-/m0/s1. The monoisotopic (exact) mass is 394 g/mol. The van der Waals surface area contributed by atoms with Gasteiger partial charge < -0.3 is 14.7 Å². The van der Waals surface area contributed by atoms with Crippen molar-refractivity contribution in [1.82, 2.24) is 4.90 Å². The number of hydrogen-bond donors (Lipinski definition) is 1. The van der Waals surface area contributed by atoms with E-state index in [1.807, 2.05) is 6.07 Å². The molecule has 4 rings (SSSR count). The largest absolute Gasteiger partial charge is 0.497 e. The van der Waals surface area contributed by atoms with Gasteiger partial charge in [-0.25, -0.2) is 0 Å². The van der Waals surface area contributed by atoms with Gasteiger partial charge in [0.05, 0.1) is 13.7 Å². The van der Waals surface area contributed by atoms with Crippen molar-refractivity contribution in [3.8, 4) is 5.75 Å². The molecule has 0 spiro atoms. The lowest BCUT2D eigenvalue weighted by molar-refractivity contribution is 0.00729. The normalized spacial score (nSPS) is 23.9. The fourth-order valence-corrected chi connectivity index (χ4v) is 5.21. The van der Waals surface area contributed by atoms with E-state index in [-0.39, 0.29) is 12.0 Å². The van der Waals surface area contributed by atoms with Gasteiger partial charge >= 0.3 is 0 Å². The van der Waals surface area contributed by atoms with E-state index in [9.17, 15) is 5.11 Å². The highest BCUT2D eigenvalue weighted by atomic mass is 16.5. The van der Waals surface area contributed by atoms with Gasteiger partial charge in [-0.05, 0) is 56.3 Å². The van der Waals surface area contributed by atoms with E-state index in [2.05, 4.69) is 58.3 Å². The predicted octanol–water partition coefficient (Wildman–Crippen LogP) is 3.98. The summed E-state index contributed by atoms with van der Waals surface area (Å²) in [7, 11) is 1.73. The van der Waals surface area contributed by atoms with Gasteiger partial charge in [0.1, 0.15) is 5.75 Å². The molecule has 0 saturated carbocycles. The average molecular weight is 395 g/mol. The van der Waals surface area contributed by atoms with Crippen LogP contribution in [0.25, 0.3) is 0 Å². The summed E-state index contributed by atoms with van der Waals surface area (Å²) in [5, 5.41) is 10.3. The smallest absolute Gasteiger partial charge is 0.120 e. The summed E-state index contributed by atoms with van der Waals surface area (Å²) in [6, 6.07) is 19.7. The zero-order valence-corrected chi connectivity index (χ0v) is 17.6. The third-order valence-electron chi connectivity index (χ3n) is 6.85. The van der Waals surface area contributed by atoms with E-state index < -0.39 is 0 Å². The number of benzene rings is 2. The Bertz CT molecular complexity index is 773. The van der Waals surface area contributed by atoms with Crippen LogP contribution in [0.3, 0.4) is 0 Å². The topological polar surface area (TPSA) is 35.9 Å². The van der Waals surface area contributed by atoms with Crippen molar-refractivity contribution in [2.75, 3.05) is 44.8 Å². The molecule has 0 aliphatic carbocycles. The van der Waals surface area contributed by atoms with Gasteiger partial charge in [-0.15, -0.1) is 0 Å². The Balaban J connectivity index is 1.37. The molecule has 2 aliphatic heterocycles. The average Bonchev–Trinajstić information content (AvgIpc) is 2.80. The lowest BCUT2D eigenvalue weighted by Gasteiger charge is -2.47. The number of likely N-dealkylation sites (tertiary alicyclic amines) is 1. The van der Waals surface area contributed by atoms with Crippen LogP contribution in [0.4, 0.5) is 5.69 Å². The molecule has 1 N–H and O–H groups in total. The zero-order valence-electron chi connectivity index (χ0n) is 17.6. The van der Waals surface area contributed by atoms with Crippen molar-refractivity contribution >= 4 is 5.69 Å². The van der Waals surface area contributed by atoms with Crippen molar-refractivity contribution in [2.45, 2.75) is 38.1 Å². The molecule has 1 atom stereocenters. The number of nitrogens with zero attached hydrogens (tertiary/aromatic N) is 2. The molecular weight excluding hydrogens is 360 g/mol. The first-order chi connectivity index (χ1) is 14.2. The van der Waals surface area contributed by atoms with Crippen LogP contribution in [0.5, 0.6) is 5.75 Å². The van der Waals surface area contributed by atoms with Crippen molar-refractivity contribution in [1.29, 1.82) is 0 Å². The molecule has 2 heterocycles. The number of methoxy groups -OCH3 is 1. The summed E-state index contributed by atoms with van der Waals surface area (Å²) in [6.07, 6.45) is 5.65. The van der Waals surface area contributed by atoms with Gasteiger partial charge in [0, 0.05) is 42.8 Å². The first kappa shape index (κ1) is 20.2. The minimum atomic E-state index is 0.00351. The number of anilines is 1. The third-order valence-corrected chi connectivity index (χ3v) is 6.85. The maximum absolute atomic E-state index is 10.3. The highest BCUT2D eigenvalue weighted by molar-refractivity contribution is 5.51. The third kappa shape index (κ3) is 4.76. The summed E-state index contributed by atoms with van der Waals surface area (Å²) in [4.78, 5) is 5.15. The molecule has 2 aliphatic rings. The van der Waals surface area contributed by atoms with Crippen LogP contribution < -0.4 is 9.64 Å². The van der Waals surface area contributed by atoms with E-state index in [1.165, 1.54) is 37.1 Å². The van der Waals surface area contributed by atoms with Gasteiger partial charge in [0.2, 0.25) is 0 Å². The second-order valence-electron chi connectivity index (χ2n) is 8.81. The SMILES string of the molecule is COc1cccc(N2CCC(N3CCC[C@](CO)(Cc4ccccc4)C3)CC2)c1. The highest BCUT2D eigenvalue weighted by Gasteiger charge is 2.38. The number of ether oxygens (including phenoxy) is 1. The maximum Gasteiger partial charge on any atom is 0.120 e. The molecule has 2 saturated heterocycles. The number of hydrogen-bond acceptors (Lipinski definition) is 4. The summed E-state index contributed by atoms with van der Waals surface area (Å²) in [5.41, 5.74) is 2.61. The Morgan fingerprint density at radius 3 is 2.55 bits per heavy atom. The molecule has 2 aromatic rings. The molecule has 4 heteroatoms. The van der Waals surface area contributed by atoms with Crippen molar-refractivity contribution in [3.63, 3.8) is 0 Å². The Morgan fingerprint density at radius 2 is 1.83 bits per heavy atom. The number of piperidine rings is 2. The summed E-state index contributed by atoms with van der Waals surface area (Å²) >= 11 is 0. The van der Waals surface area contributed by atoms with Crippen molar-refractivity contribution in [3.05, 3.63) is 60.2 Å². The first-order valence-electron chi connectivity index (χ1n) is 11.0. The Kier molecular flexibility index (Phi) is 6.41. The lowest BCUT2D eigenvalue weighted by atomic mass is 9.75. The van der Waals surface area contributed by atoms with Gasteiger partial charge in [-0.1, -0.05) is 36.4 Å². The molecule has 0 unspecified atom stereocenters. The first-order valence-corrected chi connectivity index (χ1v) is 11.0. The van der Waals surface area contributed by atoms with Gasteiger partial charge in [0.15, 0.2) is 0 Å². The minimum Gasteiger partial charge on any atom is -0.497 e. The van der Waals surface area contributed by atoms with E-state index in [0.29, 0.717) is 6.04 Å². The van der Waals surface area contributed by atoms with E-state index >= 15 is 0 Å². The fourth-order valence-electron chi connectivity index (χ4n) is 5.21. The van der Waals surface area contributed by atoms with Gasteiger partial charge in [0.25, 0.3) is 0 Å². The van der Waals surface area contributed by atoms with Crippen LogP contribution >= 0.6 is 0 Å². The van der Waals surface area contributed by atoms with Gasteiger partial charge in [-0.2, -0.15) is 0 Å². The highest BCUT2D eigenvalue weighted by Crippen LogP contribution is 2.36. The van der Waals surface area contributed by atoms with Crippen LogP contribution in [0, 0.1) is 5.41 Å². The van der Waals surface area contributed by atoms with Gasteiger partial charge in [-0.3, -0.25) is 4.90 Å². The molecule has 0 aromatic heterocycles. The van der Waals surface area contributed by atoms with Crippen LogP contribution in [-0.2, 0) is 6.42 Å². The molecule has 156 valence electrons. The molecule has 0 bridgehead atoms. The summed E-state index contributed by atoms with van der Waals surface area (Å²) < 4.78 is 5.39. The Hall–Kier alpha value is -2.04. The predicted molar refractivity (Wildman–Crippen MR) is 119 cm³/mol. The molecule has 2 aromatic carbocycles. The van der Waals surface area contributed by atoms with Crippen molar-refractivity contribution < 1.29 is 9.84 Å². The number of aliphatic hydroxyl groups is 1. The van der Waals surface area contributed by atoms with E-state index in [1.54, 1.807) is 7.11 Å². The fraction of sp³-hybridized carbons (Fsp3) is 0.520. The molecule has 4 nitrogen and oxygen atoms in total. The van der Waals surface area contributed by atoms with E-state index in [0.717, 1.165) is 38.2 Å². The Labute approximate surface area is 175 Å². The Morgan fingerprint density at radius 1 is 1.03 bits per heavy atom. The van der Waals surface area contributed by atoms with Crippen LogP contribution in [0.15, 0.2) is 54.6 Å². The van der Waals surface area contributed by atoms with Crippen LogP contribution in [0.1, 0.15) is 31.2 Å². The van der Waals surface area contributed by atoms with Crippen molar-refractivity contribution in [2.24, 2.45) is 5.41 Å². The number of rotatable bonds is 6. The second kappa shape index (κ2) is 9.19. The molecular formula is C25H34N2O2. The maximum atomic E-state index is 10.3. The quantitative estimate of drug-likeness (QED) is 0.804. The summed E-state index contributed by atoms with van der Waals surface area (Å²) in [5.74, 6) is 0.925. The summed E-state index contributed by atoms with van der Waals surface area (Å²) in [6.45, 7) is 4.63. The molecule has 29 heavy (non-hydrogen) atoms. The van der Waals surface area contributed by atoms with Crippen LogP contribution in [0.2, 0.25) is 0 Å².